The van der Waals surface area contributed by atoms with Crippen molar-refractivity contribution in [3.63, 3.8) is 0 Å². The molecule has 0 radical (unpaired) electrons. The lowest BCUT2D eigenvalue weighted by Gasteiger charge is -2.13. The van der Waals surface area contributed by atoms with Crippen LogP contribution in [0.1, 0.15) is 13.3 Å². The molecule has 0 saturated heterocycles. The van der Waals surface area contributed by atoms with Crippen molar-refractivity contribution >= 4 is 17.5 Å². The average molecular weight is 392 g/mol. The second kappa shape index (κ2) is 10.4. The maximum Gasteiger partial charge on any atom is 0.229 e. The molecule has 29 heavy (non-hydrogen) atoms. The number of nitrogens with zero attached hydrogens (tertiary/aromatic N) is 3. The van der Waals surface area contributed by atoms with Crippen LogP contribution in [0.4, 0.5) is 17.5 Å². The first-order chi connectivity index (χ1) is 14.1. The predicted molar refractivity (Wildman–Crippen MR) is 120 cm³/mol. The fraction of sp³-hybridized carbons (Fsp3) is 0.304. The normalized spacial score (nSPS) is 10.8. The standard InChI is InChI=1S/C23H29N5O/c1-4-29-20-13-11-19(12-14-20)25-23-26-21(18-9-6-5-7-10-18)17-22(27-23)24-15-8-16-28(2)3/h5-7,9-14,17H,4,8,15-16H2,1-3H3,(H2,24,25,26,27). The van der Waals surface area contributed by atoms with E-state index in [1.807, 2.05) is 55.5 Å². The minimum absolute atomic E-state index is 0.561. The van der Waals surface area contributed by atoms with Crippen molar-refractivity contribution < 1.29 is 4.74 Å². The molecule has 1 heterocycles. The van der Waals surface area contributed by atoms with E-state index in [0.29, 0.717) is 12.6 Å². The summed E-state index contributed by atoms with van der Waals surface area (Å²) in [7, 11) is 4.16. The van der Waals surface area contributed by atoms with Crippen molar-refractivity contribution in [1.29, 1.82) is 0 Å². The fourth-order valence-electron chi connectivity index (χ4n) is 2.89. The van der Waals surface area contributed by atoms with Crippen molar-refractivity contribution in [2.45, 2.75) is 13.3 Å². The maximum atomic E-state index is 5.51. The molecule has 0 fully saturated rings. The van der Waals surface area contributed by atoms with Gasteiger partial charge in [0.25, 0.3) is 0 Å². The molecule has 0 unspecified atom stereocenters. The third-order valence-corrected chi connectivity index (χ3v) is 4.31. The smallest absolute Gasteiger partial charge is 0.229 e. The van der Waals surface area contributed by atoms with Gasteiger partial charge in [-0.1, -0.05) is 30.3 Å². The van der Waals surface area contributed by atoms with E-state index in [1.165, 1.54) is 0 Å². The molecular weight excluding hydrogens is 362 g/mol. The van der Waals surface area contributed by atoms with Gasteiger partial charge in [0.2, 0.25) is 5.95 Å². The summed E-state index contributed by atoms with van der Waals surface area (Å²) >= 11 is 0. The Morgan fingerprint density at radius 3 is 2.41 bits per heavy atom. The molecule has 3 aromatic rings. The van der Waals surface area contributed by atoms with Crippen molar-refractivity contribution in [3.8, 4) is 17.0 Å². The van der Waals surface area contributed by atoms with E-state index in [2.05, 4.69) is 46.7 Å². The van der Waals surface area contributed by atoms with Gasteiger partial charge in [-0.15, -0.1) is 0 Å². The molecule has 1 aromatic heterocycles. The highest BCUT2D eigenvalue weighted by Crippen LogP contribution is 2.24. The van der Waals surface area contributed by atoms with Gasteiger partial charge in [-0.25, -0.2) is 4.98 Å². The molecule has 3 rings (SSSR count). The van der Waals surface area contributed by atoms with Crippen LogP contribution in [-0.2, 0) is 0 Å². The maximum absolute atomic E-state index is 5.51. The lowest BCUT2D eigenvalue weighted by molar-refractivity contribution is 0.340. The van der Waals surface area contributed by atoms with E-state index in [1.54, 1.807) is 0 Å². The van der Waals surface area contributed by atoms with Gasteiger partial charge >= 0.3 is 0 Å². The van der Waals surface area contributed by atoms with Crippen molar-refractivity contribution in [3.05, 3.63) is 60.7 Å². The highest BCUT2D eigenvalue weighted by atomic mass is 16.5. The van der Waals surface area contributed by atoms with Crippen LogP contribution in [0, 0.1) is 0 Å². The molecule has 2 aromatic carbocycles. The molecule has 0 spiro atoms. The van der Waals surface area contributed by atoms with E-state index >= 15 is 0 Å². The summed E-state index contributed by atoms with van der Waals surface area (Å²) in [4.78, 5) is 11.5. The summed E-state index contributed by atoms with van der Waals surface area (Å²) < 4.78 is 5.51. The summed E-state index contributed by atoms with van der Waals surface area (Å²) in [5.74, 6) is 2.22. The lowest BCUT2D eigenvalue weighted by Crippen LogP contribution is -2.16. The van der Waals surface area contributed by atoms with Crippen LogP contribution in [0.25, 0.3) is 11.3 Å². The van der Waals surface area contributed by atoms with Crippen LogP contribution in [0.2, 0.25) is 0 Å². The van der Waals surface area contributed by atoms with Gasteiger partial charge in [-0.2, -0.15) is 4.98 Å². The van der Waals surface area contributed by atoms with Crippen molar-refractivity contribution in [1.82, 2.24) is 14.9 Å². The second-order valence-electron chi connectivity index (χ2n) is 6.99. The SMILES string of the molecule is CCOc1ccc(Nc2nc(NCCCN(C)C)cc(-c3ccccc3)n2)cc1. The first kappa shape index (κ1) is 20.6. The third-order valence-electron chi connectivity index (χ3n) is 4.31. The van der Waals surface area contributed by atoms with Crippen LogP contribution in [-0.4, -0.2) is 48.7 Å². The van der Waals surface area contributed by atoms with Crippen LogP contribution >= 0.6 is 0 Å². The molecule has 152 valence electrons. The Labute approximate surface area is 173 Å². The van der Waals surface area contributed by atoms with Gasteiger partial charge in [0.05, 0.1) is 12.3 Å². The Morgan fingerprint density at radius 2 is 1.72 bits per heavy atom. The molecule has 0 bridgehead atoms. The predicted octanol–water partition coefficient (Wildman–Crippen LogP) is 4.65. The number of hydrogen-bond acceptors (Lipinski definition) is 6. The first-order valence-corrected chi connectivity index (χ1v) is 9.97. The minimum atomic E-state index is 0.561. The van der Waals surface area contributed by atoms with Gasteiger partial charge < -0.3 is 20.3 Å². The number of benzene rings is 2. The summed E-state index contributed by atoms with van der Waals surface area (Å²) in [6.45, 7) is 4.51. The van der Waals surface area contributed by atoms with Gasteiger partial charge in [0.15, 0.2) is 0 Å². The van der Waals surface area contributed by atoms with E-state index in [0.717, 1.165) is 48.0 Å². The van der Waals surface area contributed by atoms with Gasteiger partial charge in [0, 0.05) is 23.9 Å². The highest BCUT2D eigenvalue weighted by Gasteiger charge is 2.07. The zero-order valence-electron chi connectivity index (χ0n) is 17.4. The number of anilines is 3. The molecule has 2 N–H and O–H groups in total. The summed E-state index contributed by atoms with van der Waals surface area (Å²) in [6.07, 6.45) is 1.04. The van der Waals surface area contributed by atoms with E-state index in [4.69, 9.17) is 9.72 Å². The largest absolute Gasteiger partial charge is 0.494 e. The van der Waals surface area contributed by atoms with Gasteiger partial charge in [-0.05, 0) is 58.3 Å². The molecule has 0 aliphatic heterocycles. The third kappa shape index (κ3) is 6.47. The Hall–Kier alpha value is -3.12. The second-order valence-corrected chi connectivity index (χ2v) is 6.99. The van der Waals surface area contributed by atoms with Crippen molar-refractivity contribution in [2.24, 2.45) is 0 Å². The monoisotopic (exact) mass is 391 g/mol. The number of rotatable bonds is 10. The van der Waals surface area contributed by atoms with E-state index < -0.39 is 0 Å². The average Bonchev–Trinajstić information content (AvgIpc) is 2.73. The van der Waals surface area contributed by atoms with Gasteiger partial charge in [0.1, 0.15) is 11.6 Å². The number of hydrogen-bond donors (Lipinski definition) is 2. The quantitative estimate of drug-likeness (QED) is 0.491. The van der Waals surface area contributed by atoms with Gasteiger partial charge in [-0.3, -0.25) is 0 Å². The summed E-state index contributed by atoms with van der Waals surface area (Å²) in [5.41, 5.74) is 2.85. The molecule has 6 nitrogen and oxygen atoms in total. The molecule has 0 atom stereocenters. The number of nitrogens with one attached hydrogen (secondary N) is 2. The molecule has 0 amide bonds. The first-order valence-electron chi connectivity index (χ1n) is 9.97. The topological polar surface area (TPSA) is 62.3 Å². The Bertz CT molecular complexity index is 882. The molecule has 0 saturated carbocycles. The summed E-state index contributed by atoms with van der Waals surface area (Å²) in [6, 6.07) is 19.9. The lowest BCUT2D eigenvalue weighted by atomic mass is 10.1. The van der Waals surface area contributed by atoms with E-state index in [-0.39, 0.29) is 0 Å². The van der Waals surface area contributed by atoms with Crippen LogP contribution in [0.3, 0.4) is 0 Å². The fourth-order valence-corrected chi connectivity index (χ4v) is 2.89. The Balaban J connectivity index is 1.79. The zero-order chi connectivity index (χ0) is 20.5. The molecule has 0 aliphatic rings. The van der Waals surface area contributed by atoms with Crippen LogP contribution in [0.15, 0.2) is 60.7 Å². The van der Waals surface area contributed by atoms with Crippen LogP contribution < -0.4 is 15.4 Å². The molecule has 0 aliphatic carbocycles. The van der Waals surface area contributed by atoms with Crippen LogP contribution in [0.5, 0.6) is 5.75 Å². The Morgan fingerprint density at radius 1 is 0.966 bits per heavy atom. The highest BCUT2D eigenvalue weighted by molar-refractivity contribution is 5.66. The summed E-state index contributed by atoms with van der Waals surface area (Å²) in [5, 5.41) is 6.73. The number of aromatic nitrogens is 2. The minimum Gasteiger partial charge on any atom is -0.494 e. The molecular formula is C23H29N5O. The Kier molecular flexibility index (Phi) is 7.41. The molecule has 6 heteroatoms. The van der Waals surface area contributed by atoms with Crippen molar-refractivity contribution in [2.75, 3.05) is 44.4 Å². The number of ether oxygens (including phenoxy) is 1. The zero-order valence-corrected chi connectivity index (χ0v) is 17.4. The van der Waals surface area contributed by atoms with E-state index in [9.17, 15) is 0 Å².